The molecule has 19 heavy (non-hydrogen) atoms. The molecule has 0 amide bonds. The molecule has 2 aromatic rings. The minimum absolute atomic E-state index is 0.0706. The molecule has 98 valence electrons. The molecule has 0 unspecified atom stereocenters. The molecule has 1 fully saturated rings. The monoisotopic (exact) mass is 258 g/mol. The van der Waals surface area contributed by atoms with Crippen molar-refractivity contribution >= 4 is 5.97 Å². The van der Waals surface area contributed by atoms with Gasteiger partial charge in [-0.05, 0) is 30.5 Å². The van der Waals surface area contributed by atoms with Crippen molar-refractivity contribution in [3.05, 3.63) is 41.6 Å². The number of aromatic carboxylic acids is 1. The maximum absolute atomic E-state index is 10.8. The summed E-state index contributed by atoms with van der Waals surface area (Å²) < 4.78 is 0. The van der Waals surface area contributed by atoms with Crippen molar-refractivity contribution < 1.29 is 15.0 Å². The molecule has 1 aliphatic rings. The topological polar surface area (TPSA) is 86.2 Å². The number of benzene rings is 1. The molecule has 0 atom stereocenters. The second-order valence-corrected chi connectivity index (χ2v) is 5.07. The van der Waals surface area contributed by atoms with Crippen molar-refractivity contribution in [2.45, 2.75) is 24.9 Å². The molecule has 0 aliphatic heterocycles. The van der Waals surface area contributed by atoms with Crippen LogP contribution >= 0.6 is 0 Å². The lowest BCUT2D eigenvalue weighted by Gasteiger charge is -2.08. The summed E-state index contributed by atoms with van der Waals surface area (Å²) in [5.41, 5.74) is 2.03. The number of carbonyl (C=O) groups is 1. The molecule has 1 aliphatic carbocycles. The molecule has 0 bridgehead atoms. The Hall–Kier alpha value is -2.14. The smallest absolute Gasteiger partial charge is 0.353 e. The Bertz CT molecular complexity index is 629. The quantitative estimate of drug-likeness (QED) is 0.781. The molecule has 1 aromatic heterocycles. The normalized spacial score (nSPS) is 16.3. The van der Waals surface area contributed by atoms with Crippen molar-refractivity contribution in [3.8, 4) is 11.3 Å². The highest BCUT2D eigenvalue weighted by atomic mass is 16.4. The summed E-state index contributed by atoms with van der Waals surface area (Å²) in [7, 11) is 0. The minimum atomic E-state index is -1.03. The lowest BCUT2D eigenvalue weighted by atomic mass is 10.0. The first kappa shape index (κ1) is 11.9. The number of carboxylic acids is 1. The molecule has 1 aromatic carbocycles. The third-order valence-corrected chi connectivity index (χ3v) is 3.39. The van der Waals surface area contributed by atoms with Crippen LogP contribution in [0.15, 0.2) is 30.3 Å². The second-order valence-electron chi connectivity index (χ2n) is 5.07. The summed E-state index contributed by atoms with van der Waals surface area (Å²) in [6.45, 7) is 0. The zero-order chi connectivity index (χ0) is 13.5. The number of rotatable bonds is 4. The predicted octanol–water partition coefficient (Wildman–Crippen LogP) is 1.84. The average molecular weight is 258 g/mol. The van der Waals surface area contributed by atoms with E-state index < -0.39 is 11.6 Å². The van der Waals surface area contributed by atoms with Crippen LogP contribution in [0.1, 0.15) is 28.9 Å². The SMILES string of the molecule is O=C(O)c1cc(-c2cccc(CC3(O)CC3)c2)n[nH]1. The highest BCUT2D eigenvalue weighted by molar-refractivity contribution is 5.86. The first-order chi connectivity index (χ1) is 9.06. The summed E-state index contributed by atoms with van der Waals surface area (Å²) in [4.78, 5) is 10.8. The Labute approximate surface area is 109 Å². The maximum Gasteiger partial charge on any atom is 0.353 e. The van der Waals surface area contributed by atoms with E-state index in [1.807, 2.05) is 24.3 Å². The van der Waals surface area contributed by atoms with E-state index in [9.17, 15) is 9.90 Å². The van der Waals surface area contributed by atoms with Gasteiger partial charge in [0.1, 0.15) is 5.69 Å². The van der Waals surface area contributed by atoms with Crippen molar-refractivity contribution in [2.75, 3.05) is 0 Å². The van der Waals surface area contributed by atoms with Crippen LogP contribution in [0, 0.1) is 0 Å². The largest absolute Gasteiger partial charge is 0.477 e. The van der Waals surface area contributed by atoms with E-state index in [4.69, 9.17) is 5.11 Å². The van der Waals surface area contributed by atoms with Crippen molar-refractivity contribution in [2.24, 2.45) is 0 Å². The number of hydrogen-bond donors (Lipinski definition) is 3. The van der Waals surface area contributed by atoms with Gasteiger partial charge in [-0.25, -0.2) is 4.79 Å². The zero-order valence-corrected chi connectivity index (χ0v) is 10.3. The molecular formula is C14H14N2O3. The third-order valence-electron chi connectivity index (χ3n) is 3.39. The van der Waals surface area contributed by atoms with Gasteiger partial charge in [0.15, 0.2) is 0 Å². The molecule has 0 spiro atoms. The van der Waals surface area contributed by atoms with E-state index in [2.05, 4.69) is 10.2 Å². The van der Waals surface area contributed by atoms with Crippen molar-refractivity contribution in [1.82, 2.24) is 10.2 Å². The summed E-state index contributed by atoms with van der Waals surface area (Å²) in [6, 6.07) is 9.18. The van der Waals surface area contributed by atoms with Gasteiger partial charge in [-0.15, -0.1) is 0 Å². The summed E-state index contributed by atoms with van der Waals surface area (Å²) in [6.07, 6.45) is 2.34. The number of aromatic nitrogens is 2. The number of nitrogens with zero attached hydrogens (tertiary/aromatic N) is 1. The van der Waals surface area contributed by atoms with Gasteiger partial charge in [0.05, 0.1) is 11.3 Å². The summed E-state index contributed by atoms with van der Waals surface area (Å²) in [5.74, 6) is -1.03. The van der Waals surface area contributed by atoms with E-state index in [0.717, 1.165) is 24.0 Å². The Morgan fingerprint density at radius 2 is 2.16 bits per heavy atom. The first-order valence-electron chi connectivity index (χ1n) is 6.16. The van der Waals surface area contributed by atoms with E-state index in [-0.39, 0.29) is 5.69 Å². The fraction of sp³-hybridized carbons (Fsp3) is 0.286. The molecule has 0 saturated heterocycles. The number of aromatic amines is 1. The number of H-pyrrole nitrogens is 1. The average Bonchev–Trinajstić information content (AvgIpc) is 2.93. The van der Waals surface area contributed by atoms with E-state index in [1.54, 1.807) is 0 Å². The van der Waals surface area contributed by atoms with Crippen molar-refractivity contribution in [1.29, 1.82) is 0 Å². The van der Waals surface area contributed by atoms with E-state index in [0.29, 0.717) is 12.1 Å². The molecular weight excluding hydrogens is 244 g/mol. The minimum Gasteiger partial charge on any atom is -0.477 e. The molecule has 5 heteroatoms. The van der Waals surface area contributed by atoms with Crippen LogP contribution in [0.4, 0.5) is 0 Å². The van der Waals surface area contributed by atoms with Gasteiger partial charge >= 0.3 is 5.97 Å². The molecule has 0 radical (unpaired) electrons. The maximum atomic E-state index is 10.8. The summed E-state index contributed by atoms with van der Waals surface area (Å²) in [5, 5.41) is 25.3. The Kier molecular flexibility index (Phi) is 2.64. The third kappa shape index (κ3) is 2.51. The summed E-state index contributed by atoms with van der Waals surface area (Å²) >= 11 is 0. The standard InChI is InChI=1S/C14H14N2O3/c17-13(18)12-7-11(15-16-12)10-3-1-2-9(6-10)8-14(19)4-5-14/h1-3,6-7,19H,4-5,8H2,(H,15,16)(H,17,18). The predicted molar refractivity (Wildman–Crippen MR) is 68.9 cm³/mol. The molecule has 1 saturated carbocycles. The van der Waals surface area contributed by atoms with Crippen LogP contribution in [-0.2, 0) is 6.42 Å². The molecule has 3 N–H and O–H groups in total. The van der Waals surface area contributed by atoms with E-state index in [1.165, 1.54) is 6.07 Å². The van der Waals surface area contributed by atoms with E-state index >= 15 is 0 Å². The van der Waals surface area contributed by atoms with Crippen LogP contribution in [0.3, 0.4) is 0 Å². The number of hydrogen-bond acceptors (Lipinski definition) is 3. The highest BCUT2D eigenvalue weighted by Gasteiger charge is 2.40. The first-order valence-corrected chi connectivity index (χ1v) is 6.16. The van der Waals surface area contributed by atoms with Gasteiger partial charge in [-0.3, -0.25) is 5.10 Å². The number of nitrogens with one attached hydrogen (secondary N) is 1. The lowest BCUT2D eigenvalue weighted by Crippen LogP contribution is -2.10. The Morgan fingerprint density at radius 1 is 1.37 bits per heavy atom. The molecule has 5 nitrogen and oxygen atoms in total. The second kappa shape index (κ2) is 4.20. The van der Waals surface area contributed by atoms with Gasteiger partial charge < -0.3 is 10.2 Å². The molecule has 3 rings (SSSR count). The van der Waals surface area contributed by atoms with Crippen LogP contribution in [0.2, 0.25) is 0 Å². The van der Waals surface area contributed by atoms with Gasteiger partial charge in [0, 0.05) is 12.0 Å². The number of aliphatic hydroxyl groups is 1. The number of carboxylic acid groups (broad SMARTS) is 1. The van der Waals surface area contributed by atoms with Gasteiger partial charge in [0.2, 0.25) is 0 Å². The lowest BCUT2D eigenvalue weighted by molar-refractivity contribution is 0.0690. The fourth-order valence-electron chi connectivity index (χ4n) is 2.12. The highest BCUT2D eigenvalue weighted by Crippen LogP contribution is 2.38. The zero-order valence-electron chi connectivity index (χ0n) is 10.3. The van der Waals surface area contributed by atoms with Gasteiger partial charge in [0.25, 0.3) is 0 Å². The van der Waals surface area contributed by atoms with Crippen molar-refractivity contribution in [3.63, 3.8) is 0 Å². The Morgan fingerprint density at radius 3 is 2.79 bits per heavy atom. The van der Waals surface area contributed by atoms with Crippen LogP contribution in [0.5, 0.6) is 0 Å². The van der Waals surface area contributed by atoms with Gasteiger partial charge in [-0.2, -0.15) is 5.10 Å². The van der Waals surface area contributed by atoms with Crippen LogP contribution in [-0.4, -0.2) is 32.0 Å². The van der Waals surface area contributed by atoms with Crippen LogP contribution < -0.4 is 0 Å². The Balaban J connectivity index is 1.87. The fourth-order valence-corrected chi connectivity index (χ4v) is 2.12. The van der Waals surface area contributed by atoms with Gasteiger partial charge in [-0.1, -0.05) is 18.2 Å². The van der Waals surface area contributed by atoms with Crippen LogP contribution in [0.25, 0.3) is 11.3 Å². The molecule has 1 heterocycles.